The van der Waals surface area contributed by atoms with Crippen LogP contribution in [0.3, 0.4) is 0 Å². The summed E-state index contributed by atoms with van der Waals surface area (Å²) in [6, 6.07) is 0. The summed E-state index contributed by atoms with van der Waals surface area (Å²) in [5, 5.41) is 9.18. The Morgan fingerprint density at radius 2 is 1.72 bits per heavy atom. The molecule has 0 fully saturated rings. The number of halogens is 1. The number of guanidine groups is 1. The summed E-state index contributed by atoms with van der Waals surface area (Å²) in [6.45, 7) is 10.9. The number of hydrogen-bond donors (Lipinski definition) is 3. The van der Waals surface area contributed by atoms with E-state index in [0.717, 1.165) is 25.5 Å². The van der Waals surface area contributed by atoms with Gasteiger partial charge in [-0.1, -0.05) is 20.8 Å². The van der Waals surface area contributed by atoms with Crippen molar-refractivity contribution in [1.82, 2.24) is 16.0 Å². The molecule has 0 saturated carbocycles. The summed E-state index contributed by atoms with van der Waals surface area (Å²) in [5.41, 5.74) is 0. The Morgan fingerprint density at radius 3 is 2.22 bits per heavy atom. The average molecular weight is 370 g/mol. The Hall–Kier alpha value is -0.530. The van der Waals surface area contributed by atoms with Crippen molar-refractivity contribution in [2.75, 3.05) is 26.2 Å². The number of nitrogens with zero attached hydrogens (tertiary/aromatic N) is 1. The minimum Gasteiger partial charge on any atom is -0.357 e. The molecule has 1 amide bonds. The molecule has 0 aromatic rings. The molecular weight excluding hydrogens is 343 g/mol. The number of carbonyl (C=O) groups is 1. The minimum absolute atomic E-state index is 0. The molecule has 0 aliphatic heterocycles. The SMILES string of the molecule is CCCN=C(NCC)NCCNC(=O)C(C)C.I. The van der Waals surface area contributed by atoms with E-state index in [1.54, 1.807) is 0 Å². The summed E-state index contributed by atoms with van der Waals surface area (Å²) in [6.07, 6.45) is 1.03. The third-order valence-corrected chi connectivity index (χ3v) is 2.08. The Labute approximate surface area is 128 Å². The van der Waals surface area contributed by atoms with E-state index in [0.29, 0.717) is 13.1 Å². The van der Waals surface area contributed by atoms with Crippen molar-refractivity contribution in [3.05, 3.63) is 0 Å². The third kappa shape index (κ3) is 10.6. The zero-order valence-electron chi connectivity index (χ0n) is 11.9. The maximum atomic E-state index is 11.3. The normalized spacial score (nSPS) is 10.8. The Bertz CT molecular complexity index is 244. The molecule has 0 saturated heterocycles. The fourth-order valence-electron chi connectivity index (χ4n) is 1.14. The maximum Gasteiger partial charge on any atom is 0.222 e. The van der Waals surface area contributed by atoms with Crippen LogP contribution in [0.2, 0.25) is 0 Å². The Kier molecular flexibility index (Phi) is 14.2. The van der Waals surface area contributed by atoms with Crippen molar-refractivity contribution in [2.24, 2.45) is 10.9 Å². The first-order chi connectivity index (χ1) is 8.11. The van der Waals surface area contributed by atoms with Crippen molar-refractivity contribution in [3.8, 4) is 0 Å². The molecule has 0 atom stereocenters. The second kappa shape index (κ2) is 12.9. The minimum atomic E-state index is 0. The van der Waals surface area contributed by atoms with Gasteiger partial charge in [0, 0.05) is 32.1 Å². The molecule has 0 aromatic heterocycles. The lowest BCUT2D eigenvalue weighted by Crippen LogP contribution is -2.42. The van der Waals surface area contributed by atoms with Gasteiger partial charge in [-0.05, 0) is 13.3 Å². The molecule has 0 radical (unpaired) electrons. The second-order valence-corrected chi connectivity index (χ2v) is 4.13. The van der Waals surface area contributed by atoms with Gasteiger partial charge in [0.1, 0.15) is 0 Å². The lowest BCUT2D eigenvalue weighted by molar-refractivity contribution is -0.123. The molecule has 6 heteroatoms. The van der Waals surface area contributed by atoms with E-state index in [4.69, 9.17) is 0 Å². The van der Waals surface area contributed by atoms with Gasteiger partial charge in [0.05, 0.1) is 0 Å². The van der Waals surface area contributed by atoms with Crippen LogP contribution in [-0.4, -0.2) is 38.0 Å². The van der Waals surface area contributed by atoms with Crippen LogP contribution in [0.15, 0.2) is 4.99 Å². The molecule has 0 rings (SSSR count). The zero-order valence-corrected chi connectivity index (χ0v) is 14.2. The number of hydrogen-bond acceptors (Lipinski definition) is 2. The predicted octanol–water partition coefficient (Wildman–Crippen LogP) is 1.34. The summed E-state index contributed by atoms with van der Waals surface area (Å²) < 4.78 is 0. The average Bonchev–Trinajstić information content (AvgIpc) is 2.30. The van der Waals surface area contributed by atoms with E-state index < -0.39 is 0 Å². The standard InChI is InChI=1S/C12H26N4O.HI/c1-5-7-15-12(13-6-2)16-9-8-14-11(17)10(3)4;/h10H,5-9H2,1-4H3,(H,14,17)(H2,13,15,16);1H. The monoisotopic (exact) mass is 370 g/mol. The van der Waals surface area contributed by atoms with Crippen LogP contribution < -0.4 is 16.0 Å². The van der Waals surface area contributed by atoms with Crippen LogP contribution in [0.1, 0.15) is 34.1 Å². The highest BCUT2D eigenvalue weighted by molar-refractivity contribution is 14.0. The van der Waals surface area contributed by atoms with Crippen molar-refractivity contribution in [2.45, 2.75) is 34.1 Å². The van der Waals surface area contributed by atoms with Gasteiger partial charge in [-0.2, -0.15) is 0 Å². The first-order valence-electron chi connectivity index (χ1n) is 6.41. The fraction of sp³-hybridized carbons (Fsp3) is 0.833. The molecule has 5 nitrogen and oxygen atoms in total. The van der Waals surface area contributed by atoms with Gasteiger partial charge in [0.2, 0.25) is 5.91 Å². The molecule has 0 aliphatic carbocycles. The van der Waals surface area contributed by atoms with Gasteiger partial charge >= 0.3 is 0 Å². The van der Waals surface area contributed by atoms with Crippen LogP contribution in [-0.2, 0) is 4.79 Å². The lowest BCUT2D eigenvalue weighted by Gasteiger charge is -2.12. The fourth-order valence-corrected chi connectivity index (χ4v) is 1.14. The van der Waals surface area contributed by atoms with E-state index in [1.165, 1.54) is 0 Å². The molecule has 108 valence electrons. The van der Waals surface area contributed by atoms with Crippen LogP contribution in [0.4, 0.5) is 0 Å². The van der Waals surface area contributed by atoms with Gasteiger partial charge in [0.15, 0.2) is 5.96 Å². The molecule has 0 aromatic carbocycles. The molecule has 0 unspecified atom stereocenters. The van der Waals surface area contributed by atoms with E-state index >= 15 is 0 Å². The summed E-state index contributed by atoms with van der Waals surface area (Å²) >= 11 is 0. The van der Waals surface area contributed by atoms with Crippen molar-refractivity contribution >= 4 is 35.8 Å². The van der Waals surface area contributed by atoms with Gasteiger partial charge < -0.3 is 16.0 Å². The quantitative estimate of drug-likeness (QED) is 0.274. The first-order valence-corrected chi connectivity index (χ1v) is 6.41. The summed E-state index contributed by atoms with van der Waals surface area (Å²) in [5.74, 6) is 0.937. The van der Waals surface area contributed by atoms with E-state index in [1.807, 2.05) is 20.8 Å². The number of aliphatic imine (C=N–C) groups is 1. The highest BCUT2D eigenvalue weighted by Crippen LogP contribution is 1.88. The number of nitrogens with one attached hydrogen (secondary N) is 3. The molecule has 18 heavy (non-hydrogen) atoms. The predicted molar refractivity (Wildman–Crippen MR) is 87.5 cm³/mol. The molecule has 0 spiro atoms. The number of carbonyl (C=O) groups excluding carboxylic acids is 1. The van der Waals surface area contributed by atoms with Gasteiger partial charge in [0.25, 0.3) is 0 Å². The highest BCUT2D eigenvalue weighted by atomic mass is 127. The summed E-state index contributed by atoms with van der Waals surface area (Å²) in [7, 11) is 0. The van der Waals surface area contributed by atoms with Crippen LogP contribution in [0, 0.1) is 5.92 Å². The number of amides is 1. The summed E-state index contributed by atoms with van der Waals surface area (Å²) in [4.78, 5) is 15.7. The van der Waals surface area contributed by atoms with Crippen LogP contribution in [0.5, 0.6) is 0 Å². The second-order valence-electron chi connectivity index (χ2n) is 4.13. The molecule has 3 N–H and O–H groups in total. The van der Waals surface area contributed by atoms with Gasteiger partial charge in [-0.15, -0.1) is 24.0 Å². The smallest absolute Gasteiger partial charge is 0.222 e. The van der Waals surface area contributed by atoms with E-state index in [9.17, 15) is 4.79 Å². The number of rotatable bonds is 7. The Balaban J connectivity index is 0. The Morgan fingerprint density at radius 1 is 1.11 bits per heavy atom. The molecular formula is C12H27IN4O. The zero-order chi connectivity index (χ0) is 13.1. The topological polar surface area (TPSA) is 65.5 Å². The highest BCUT2D eigenvalue weighted by Gasteiger charge is 2.04. The first kappa shape index (κ1) is 19.8. The largest absolute Gasteiger partial charge is 0.357 e. The molecule has 0 aliphatic rings. The lowest BCUT2D eigenvalue weighted by atomic mass is 10.2. The van der Waals surface area contributed by atoms with Crippen molar-refractivity contribution < 1.29 is 4.79 Å². The molecule has 0 heterocycles. The third-order valence-electron chi connectivity index (χ3n) is 2.08. The van der Waals surface area contributed by atoms with Crippen molar-refractivity contribution in [3.63, 3.8) is 0 Å². The van der Waals surface area contributed by atoms with Crippen LogP contribution in [0.25, 0.3) is 0 Å². The van der Waals surface area contributed by atoms with Crippen molar-refractivity contribution in [1.29, 1.82) is 0 Å². The molecule has 0 bridgehead atoms. The van der Waals surface area contributed by atoms with Gasteiger partial charge in [-0.25, -0.2) is 0 Å². The van der Waals surface area contributed by atoms with Gasteiger partial charge in [-0.3, -0.25) is 9.79 Å². The maximum absolute atomic E-state index is 11.3. The van der Waals surface area contributed by atoms with Crippen LogP contribution >= 0.6 is 24.0 Å². The van der Waals surface area contributed by atoms with E-state index in [-0.39, 0.29) is 35.8 Å². The van der Waals surface area contributed by atoms with E-state index in [2.05, 4.69) is 27.9 Å².